The van der Waals surface area contributed by atoms with Gasteiger partial charge in [0.25, 0.3) is 5.56 Å². The van der Waals surface area contributed by atoms with Gasteiger partial charge in [-0.15, -0.1) is 5.10 Å². The molecule has 1 aromatic rings. The normalized spacial score (nSPS) is 12.4. The van der Waals surface area contributed by atoms with Crippen LogP contribution in [-0.4, -0.2) is 27.4 Å². The number of nitrogens with two attached hydrogens (primary N) is 1. The lowest BCUT2D eigenvalue weighted by atomic mass is 10.1. The van der Waals surface area contributed by atoms with Gasteiger partial charge in [-0.1, -0.05) is 6.92 Å². The molecule has 1 unspecified atom stereocenters. The van der Waals surface area contributed by atoms with Gasteiger partial charge in [0, 0.05) is 20.6 Å². The van der Waals surface area contributed by atoms with Crippen LogP contribution in [0.1, 0.15) is 19.8 Å². The van der Waals surface area contributed by atoms with E-state index in [0.29, 0.717) is 19.0 Å². The third-order valence-electron chi connectivity index (χ3n) is 2.89. The molecule has 1 heterocycles. The third kappa shape index (κ3) is 3.43. The molecule has 0 aromatic carbocycles. The van der Waals surface area contributed by atoms with Crippen LogP contribution in [0, 0.1) is 5.92 Å². The minimum Gasteiger partial charge on any atom is -0.364 e. The first-order valence-corrected chi connectivity index (χ1v) is 6.05. The molecule has 0 aliphatic carbocycles. The summed E-state index contributed by atoms with van der Waals surface area (Å²) in [5, 5.41) is 6.86. The molecule has 3 N–H and O–H groups in total. The molecule has 0 bridgehead atoms. The third-order valence-corrected chi connectivity index (χ3v) is 2.89. The van der Waals surface area contributed by atoms with Crippen molar-refractivity contribution in [2.24, 2.45) is 25.7 Å². The van der Waals surface area contributed by atoms with E-state index < -0.39 is 11.2 Å². The molecule has 1 aromatic heterocycles. The van der Waals surface area contributed by atoms with Crippen LogP contribution in [0.25, 0.3) is 0 Å². The SMILES string of the molecule is CC(CN)CCCNc1nn(C)c(=O)n(C)c1=O. The predicted molar refractivity (Wildman–Crippen MR) is 70.7 cm³/mol. The molecule has 0 fully saturated rings. The summed E-state index contributed by atoms with van der Waals surface area (Å²) < 4.78 is 2.18. The van der Waals surface area contributed by atoms with Crippen molar-refractivity contribution in [3.63, 3.8) is 0 Å². The fourth-order valence-electron chi connectivity index (χ4n) is 1.58. The Labute approximate surface area is 106 Å². The second kappa shape index (κ2) is 6.34. The van der Waals surface area contributed by atoms with Gasteiger partial charge in [-0.2, -0.15) is 0 Å². The highest BCUT2D eigenvalue weighted by atomic mass is 16.2. The quantitative estimate of drug-likeness (QED) is 0.653. The number of rotatable bonds is 6. The zero-order valence-corrected chi connectivity index (χ0v) is 11.1. The van der Waals surface area contributed by atoms with Crippen molar-refractivity contribution >= 4 is 5.82 Å². The molecule has 1 atom stereocenters. The van der Waals surface area contributed by atoms with Crippen LogP contribution in [0.2, 0.25) is 0 Å². The highest BCUT2D eigenvalue weighted by molar-refractivity contribution is 5.29. The van der Waals surface area contributed by atoms with Crippen molar-refractivity contribution < 1.29 is 0 Å². The van der Waals surface area contributed by atoms with Gasteiger partial charge in [-0.25, -0.2) is 9.48 Å². The summed E-state index contributed by atoms with van der Waals surface area (Å²) in [7, 11) is 2.96. The van der Waals surface area contributed by atoms with Crippen LogP contribution in [0.5, 0.6) is 0 Å². The summed E-state index contributed by atoms with van der Waals surface area (Å²) in [6.45, 7) is 3.40. The fourth-order valence-corrected chi connectivity index (χ4v) is 1.58. The summed E-state index contributed by atoms with van der Waals surface area (Å²) >= 11 is 0. The smallest absolute Gasteiger partial charge is 0.346 e. The molecular weight excluding hydrogens is 234 g/mol. The number of nitrogens with one attached hydrogen (secondary N) is 1. The largest absolute Gasteiger partial charge is 0.364 e. The van der Waals surface area contributed by atoms with Crippen molar-refractivity contribution in [1.29, 1.82) is 0 Å². The van der Waals surface area contributed by atoms with E-state index in [1.54, 1.807) is 0 Å². The van der Waals surface area contributed by atoms with Crippen LogP contribution >= 0.6 is 0 Å². The molecule has 0 saturated heterocycles. The number of aromatic nitrogens is 3. The molecule has 0 spiro atoms. The first kappa shape index (κ1) is 14.4. The molecule has 0 amide bonds. The summed E-state index contributed by atoms with van der Waals surface area (Å²) in [4.78, 5) is 23.2. The standard InChI is InChI=1S/C11H21N5O2/c1-8(7-12)5-4-6-13-9-10(17)15(2)11(18)16(3)14-9/h8H,4-7,12H2,1-3H3,(H,13,14). The van der Waals surface area contributed by atoms with E-state index in [1.165, 1.54) is 14.1 Å². The first-order valence-electron chi connectivity index (χ1n) is 6.05. The van der Waals surface area contributed by atoms with E-state index in [1.807, 2.05) is 0 Å². The maximum atomic E-state index is 11.7. The van der Waals surface area contributed by atoms with Crippen LogP contribution < -0.4 is 22.3 Å². The van der Waals surface area contributed by atoms with Gasteiger partial charge in [0.1, 0.15) is 0 Å². The van der Waals surface area contributed by atoms with Crippen LogP contribution in [0.15, 0.2) is 9.59 Å². The lowest BCUT2D eigenvalue weighted by Crippen LogP contribution is -2.40. The average Bonchev–Trinajstić information content (AvgIpc) is 2.37. The Morgan fingerprint density at radius 1 is 1.39 bits per heavy atom. The number of hydrogen-bond acceptors (Lipinski definition) is 5. The Hall–Kier alpha value is -1.63. The van der Waals surface area contributed by atoms with Gasteiger partial charge in [0.2, 0.25) is 5.82 Å². The van der Waals surface area contributed by atoms with Crippen molar-refractivity contribution in [3.05, 3.63) is 20.8 Å². The zero-order valence-electron chi connectivity index (χ0n) is 11.1. The maximum absolute atomic E-state index is 11.7. The molecule has 0 saturated carbocycles. The Kier molecular flexibility index (Phi) is 5.08. The number of nitrogens with zero attached hydrogens (tertiary/aromatic N) is 3. The number of hydrogen-bond donors (Lipinski definition) is 2. The van der Waals surface area contributed by atoms with Gasteiger partial charge < -0.3 is 11.1 Å². The minimum atomic E-state index is -0.428. The molecule has 7 heteroatoms. The van der Waals surface area contributed by atoms with Crippen LogP contribution in [0.4, 0.5) is 5.82 Å². The van der Waals surface area contributed by atoms with E-state index >= 15 is 0 Å². The maximum Gasteiger partial charge on any atom is 0.346 e. The van der Waals surface area contributed by atoms with Gasteiger partial charge >= 0.3 is 5.69 Å². The van der Waals surface area contributed by atoms with Gasteiger partial charge in [0.15, 0.2) is 0 Å². The summed E-state index contributed by atoms with van der Waals surface area (Å²) in [5.41, 5.74) is 4.70. The van der Waals surface area contributed by atoms with Crippen molar-refractivity contribution in [2.75, 3.05) is 18.4 Å². The Bertz CT molecular complexity index is 505. The lowest BCUT2D eigenvalue weighted by Gasteiger charge is -2.10. The van der Waals surface area contributed by atoms with E-state index in [9.17, 15) is 9.59 Å². The second-order valence-electron chi connectivity index (χ2n) is 4.53. The Balaban J connectivity index is 2.64. The molecular formula is C11H21N5O2. The van der Waals surface area contributed by atoms with E-state index in [0.717, 1.165) is 22.1 Å². The molecule has 0 aliphatic heterocycles. The number of anilines is 1. The minimum absolute atomic E-state index is 0.208. The second-order valence-corrected chi connectivity index (χ2v) is 4.53. The Morgan fingerprint density at radius 3 is 2.67 bits per heavy atom. The van der Waals surface area contributed by atoms with E-state index in [4.69, 9.17) is 5.73 Å². The summed E-state index contributed by atoms with van der Waals surface area (Å²) in [6.07, 6.45) is 1.90. The molecule has 0 aliphatic rings. The molecule has 102 valence electrons. The van der Waals surface area contributed by atoms with Crippen LogP contribution in [-0.2, 0) is 14.1 Å². The first-order chi connectivity index (χ1) is 8.47. The van der Waals surface area contributed by atoms with Crippen molar-refractivity contribution in [3.8, 4) is 0 Å². The molecule has 7 nitrogen and oxygen atoms in total. The Morgan fingerprint density at radius 2 is 2.06 bits per heavy atom. The summed E-state index contributed by atoms with van der Waals surface area (Å²) in [6, 6.07) is 0. The van der Waals surface area contributed by atoms with Gasteiger partial charge in [-0.05, 0) is 25.3 Å². The zero-order chi connectivity index (χ0) is 13.7. The fraction of sp³-hybridized carbons (Fsp3) is 0.727. The summed E-state index contributed by atoms with van der Waals surface area (Å²) in [5.74, 6) is 0.683. The molecule has 1 rings (SSSR count). The highest BCUT2D eigenvalue weighted by Crippen LogP contribution is 2.02. The van der Waals surface area contributed by atoms with Gasteiger partial charge in [-0.3, -0.25) is 9.36 Å². The van der Waals surface area contributed by atoms with Crippen molar-refractivity contribution in [2.45, 2.75) is 19.8 Å². The van der Waals surface area contributed by atoms with E-state index in [-0.39, 0.29) is 5.82 Å². The average molecular weight is 255 g/mol. The monoisotopic (exact) mass is 255 g/mol. The highest BCUT2D eigenvalue weighted by Gasteiger charge is 2.07. The number of aryl methyl sites for hydroxylation is 1. The lowest BCUT2D eigenvalue weighted by molar-refractivity contribution is 0.528. The predicted octanol–water partition coefficient (Wildman–Crippen LogP) is -0.734. The van der Waals surface area contributed by atoms with Crippen molar-refractivity contribution in [1.82, 2.24) is 14.3 Å². The topological polar surface area (TPSA) is 94.9 Å². The molecule has 0 radical (unpaired) electrons. The van der Waals surface area contributed by atoms with Gasteiger partial charge in [0.05, 0.1) is 0 Å². The van der Waals surface area contributed by atoms with Crippen LogP contribution in [0.3, 0.4) is 0 Å². The molecule has 18 heavy (non-hydrogen) atoms. The van der Waals surface area contributed by atoms with E-state index in [2.05, 4.69) is 17.3 Å².